The van der Waals surface area contributed by atoms with Crippen molar-refractivity contribution in [3.05, 3.63) is 16.3 Å². The van der Waals surface area contributed by atoms with Gasteiger partial charge in [0.05, 0.1) is 17.4 Å². The first-order chi connectivity index (χ1) is 7.67. The van der Waals surface area contributed by atoms with E-state index in [1.54, 1.807) is 0 Å². The summed E-state index contributed by atoms with van der Waals surface area (Å²) in [6.45, 7) is 5.93. The third kappa shape index (κ3) is 3.67. The van der Waals surface area contributed by atoms with Gasteiger partial charge in [0, 0.05) is 24.2 Å². The van der Waals surface area contributed by atoms with E-state index < -0.39 is 0 Å². The number of carbonyl (C=O) groups is 1. The zero-order valence-electron chi connectivity index (χ0n) is 9.64. The predicted octanol–water partition coefficient (Wildman–Crippen LogP) is 2.94. The number of nitrogens with zero attached hydrogens (tertiary/aromatic N) is 2. The fraction of sp³-hybridized carbons (Fsp3) is 0.500. The first-order valence-corrected chi connectivity index (χ1v) is 6.21. The van der Waals surface area contributed by atoms with Crippen molar-refractivity contribution in [2.75, 3.05) is 18.0 Å². The first-order valence-electron chi connectivity index (χ1n) is 5.33. The summed E-state index contributed by atoms with van der Waals surface area (Å²) in [6.07, 6.45) is 1.38. The molecule has 0 atom stereocenters. The molecule has 0 bridgehead atoms. The molecule has 16 heavy (non-hydrogen) atoms. The van der Waals surface area contributed by atoms with E-state index in [9.17, 15) is 4.79 Å². The quantitative estimate of drug-likeness (QED) is 0.713. The highest BCUT2D eigenvalue weighted by Gasteiger charge is 2.10. The Bertz CT molecular complexity index is 379. The van der Waals surface area contributed by atoms with Gasteiger partial charge in [0.1, 0.15) is 0 Å². The number of thiophene rings is 1. The molecule has 0 fully saturated rings. The Kier molecular flexibility index (Phi) is 5.00. The van der Waals surface area contributed by atoms with E-state index in [4.69, 9.17) is 5.26 Å². The molecule has 0 saturated carbocycles. The fourth-order valence-electron chi connectivity index (χ4n) is 1.52. The summed E-state index contributed by atoms with van der Waals surface area (Å²) in [5.74, 6) is 0.540. The minimum atomic E-state index is 0.513. The molecule has 0 unspecified atom stereocenters. The van der Waals surface area contributed by atoms with Crippen LogP contribution in [0.25, 0.3) is 0 Å². The van der Waals surface area contributed by atoms with Gasteiger partial charge in [-0.3, -0.25) is 4.79 Å². The molecule has 0 radical (unpaired) electrons. The van der Waals surface area contributed by atoms with Crippen LogP contribution in [0.3, 0.4) is 0 Å². The molecule has 0 N–H and O–H groups in total. The molecule has 0 aromatic carbocycles. The monoisotopic (exact) mass is 236 g/mol. The van der Waals surface area contributed by atoms with Gasteiger partial charge in [-0.25, -0.2) is 0 Å². The van der Waals surface area contributed by atoms with Crippen LogP contribution in [0.15, 0.2) is 11.4 Å². The number of nitriles is 1. The van der Waals surface area contributed by atoms with Gasteiger partial charge >= 0.3 is 0 Å². The summed E-state index contributed by atoms with van der Waals surface area (Å²) in [5, 5.41) is 10.6. The van der Waals surface area contributed by atoms with Gasteiger partial charge in [-0.05, 0) is 12.0 Å². The molecule has 3 nitrogen and oxygen atoms in total. The van der Waals surface area contributed by atoms with Gasteiger partial charge in [0.15, 0.2) is 6.29 Å². The summed E-state index contributed by atoms with van der Waals surface area (Å²) in [7, 11) is 0. The van der Waals surface area contributed by atoms with E-state index in [0.717, 1.165) is 29.9 Å². The highest BCUT2D eigenvalue weighted by Crippen LogP contribution is 2.23. The van der Waals surface area contributed by atoms with Gasteiger partial charge in [0.25, 0.3) is 0 Å². The van der Waals surface area contributed by atoms with Crippen molar-refractivity contribution in [3.8, 4) is 6.07 Å². The molecule has 0 spiro atoms. The smallest absolute Gasteiger partial charge is 0.160 e. The predicted molar refractivity (Wildman–Crippen MR) is 67.0 cm³/mol. The van der Waals surface area contributed by atoms with Crippen LogP contribution >= 0.6 is 11.3 Å². The lowest BCUT2D eigenvalue weighted by Crippen LogP contribution is -2.28. The van der Waals surface area contributed by atoms with Crippen LogP contribution in [-0.4, -0.2) is 19.4 Å². The second-order valence-electron chi connectivity index (χ2n) is 4.07. The molecular weight excluding hydrogens is 220 g/mol. The molecule has 0 aliphatic rings. The molecule has 4 heteroatoms. The second-order valence-corrected chi connectivity index (χ2v) is 5.02. The van der Waals surface area contributed by atoms with E-state index in [-0.39, 0.29) is 0 Å². The van der Waals surface area contributed by atoms with Crippen molar-refractivity contribution in [3.63, 3.8) is 0 Å². The van der Waals surface area contributed by atoms with Gasteiger partial charge < -0.3 is 4.90 Å². The largest absolute Gasteiger partial charge is 0.370 e. The molecule has 1 aromatic rings. The zero-order valence-corrected chi connectivity index (χ0v) is 10.5. The molecule has 0 saturated heterocycles. The Morgan fingerprint density at radius 1 is 1.62 bits per heavy atom. The van der Waals surface area contributed by atoms with E-state index in [1.165, 1.54) is 11.3 Å². The molecule has 0 aliphatic carbocycles. The van der Waals surface area contributed by atoms with Crippen LogP contribution < -0.4 is 4.90 Å². The van der Waals surface area contributed by atoms with Crippen molar-refractivity contribution in [1.29, 1.82) is 5.26 Å². The Hall–Kier alpha value is -1.34. The minimum Gasteiger partial charge on any atom is -0.370 e. The minimum absolute atomic E-state index is 0.513. The number of aldehydes is 1. The highest BCUT2D eigenvalue weighted by molar-refractivity contribution is 7.12. The Morgan fingerprint density at radius 3 is 2.88 bits per heavy atom. The first kappa shape index (κ1) is 12.7. The maximum atomic E-state index is 10.6. The van der Waals surface area contributed by atoms with Gasteiger partial charge in [0.2, 0.25) is 0 Å². The lowest BCUT2D eigenvalue weighted by Gasteiger charge is -2.24. The number of hydrogen-bond acceptors (Lipinski definition) is 4. The standard InChI is InChI=1S/C12H16N2OS/c1-10(2)7-14(5-3-4-13)11-6-12(8-15)16-9-11/h6,8-10H,3,5,7H2,1-2H3. The van der Waals surface area contributed by atoms with Gasteiger partial charge in [-0.1, -0.05) is 13.8 Å². The Labute approximate surface area is 100 Å². The second kappa shape index (κ2) is 6.29. The highest BCUT2D eigenvalue weighted by atomic mass is 32.1. The topological polar surface area (TPSA) is 44.1 Å². The zero-order chi connectivity index (χ0) is 12.0. The Morgan fingerprint density at radius 2 is 2.38 bits per heavy atom. The van der Waals surface area contributed by atoms with E-state index in [0.29, 0.717) is 12.3 Å². The molecule has 1 aromatic heterocycles. The lowest BCUT2D eigenvalue weighted by molar-refractivity contribution is 0.112. The SMILES string of the molecule is CC(C)CN(CCC#N)c1csc(C=O)c1. The summed E-state index contributed by atoms with van der Waals surface area (Å²) >= 11 is 1.45. The van der Waals surface area contributed by atoms with E-state index in [2.05, 4.69) is 24.8 Å². The average Bonchev–Trinajstić information content (AvgIpc) is 2.72. The lowest BCUT2D eigenvalue weighted by atomic mass is 10.2. The van der Waals surface area contributed by atoms with Crippen LogP contribution in [0.4, 0.5) is 5.69 Å². The average molecular weight is 236 g/mol. The van der Waals surface area contributed by atoms with Gasteiger partial charge in [-0.2, -0.15) is 5.26 Å². The third-order valence-electron chi connectivity index (χ3n) is 2.17. The van der Waals surface area contributed by atoms with Crippen molar-refractivity contribution in [2.24, 2.45) is 5.92 Å². The van der Waals surface area contributed by atoms with E-state index >= 15 is 0 Å². The third-order valence-corrected chi connectivity index (χ3v) is 3.01. The van der Waals surface area contributed by atoms with Crippen LogP contribution in [0.2, 0.25) is 0 Å². The molecular formula is C12H16N2OS. The summed E-state index contributed by atoms with van der Waals surface area (Å²) < 4.78 is 0. The molecule has 1 heterocycles. The van der Waals surface area contributed by atoms with Crippen molar-refractivity contribution in [2.45, 2.75) is 20.3 Å². The molecule has 0 amide bonds. The van der Waals surface area contributed by atoms with Crippen LogP contribution in [0.5, 0.6) is 0 Å². The van der Waals surface area contributed by atoms with Crippen molar-refractivity contribution >= 4 is 23.3 Å². The maximum Gasteiger partial charge on any atom is 0.160 e. The fourth-order valence-corrected chi connectivity index (χ4v) is 2.24. The molecule has 1 rings (SSSR count). The number of rotatable bonds is 6. The molecule has 86 valence electrons. The number of anilines is 1. The summed E-state index contributed by atoms with van der Waals surface area (Å²) in [6, 6.07) is 4.04. The summed E-state index contributed by atoms with van der Waals surface area (Å²) in [4.78, 5) is 13.5. The summed E-state index contributed by atoms with van der Waals surface area (Å²) in [5.41, 5.74) is 1.05. The number of carbonyl (C=O) groups excluding carboxylic acids is 1. The van der Waals surface area contributed by atoms with E-state index in [1.807, 2.05) is 11.4 Å². The molecule has 0 aliphatic heterocycles. The number of hydrogen-bond donors (Lipinski definition) is 0. The normalized spacial score (nSPS) is 10.1. The van der Waals surface area contributed by atoms with Crippen LogP contribution in [-0.2, 0) is 0 Å². The van der Waals surface area contributed by atoms with Crippen molar-refractivity contribution in [1.82, 2.24) is 0 Å². The van der Waals surface area contributed by atoms with Crippen LogP contribution in [0, 0.1) is 17.2 Å². The van der Waals surface area contributed by atoms with Gasteiger partial charge in [-0.15, -0.1) is 11.3 Å². The van der Waals surface area contributed by atoms with Crippen LogP contribution in [0.1, 0.15) is 29.9 Å². The van der Waals surface area contributed by atoms with Crippen molar-refractivity contribution < 1.29 is 4.79 Å². The maximum absolute atomic E-state index is 10.6. The Balaban J connectivity index is 2.74.